The highest BCUT2D eigenvalue weighted by molar-refractivity contribution is 8.76. The van der Waals surface area contributed by atoms with Crippen LogP contribution >= 0.6 is 33.3 Å². The van der Waals surface area contributed by atoms with Crippen LogP contribution in [0.15, 0.2) is 46.6 Å². The maximum Gasteiger partial charge on any atom is 0.220 e. The predicted octanol–water partition coefficient (Wildman–Crippen LogP) is 6.11. The van der Waals surface area contributed by atoms with Crippen molar-refractivity contribution in [2.75, 3.05) is 36.5 Å². The zero-order valence-corrected chi connectivity index (χ0v) is 22.8. The van der Waals surface area contributed by atoms with Crippen molar-refractivity contribution in [2.24, 2.45) is 5.92 Å². The number of phenols is 1. The van der Waals surface area contributed by atoms with Crippen LogP contribution in [0.25, 0.3) is 10.9 Å². The number of piperidine rings is 1. The summed E-state index contributed by atoms with van der Waals surface area (Å²) in [6, 6.07) is 9.73. The third kappa shape index (κ3) is 6.62. The maximum absolute atomic E-state index is 12.2. The standard InChI is InChI=1S/C26H34N4O2S3/c1-3-19-20-7-8-21(31)25(24(20)29-26(19)33-2)30-15-10-18(11-16-30)9-14-27-22(32)12-17-34-35-23-6-4-5-13-28-23/h4-8,13,18,29,31H,3,9-12,14-17H2,1-2H3,(H,27,32). The Balaban J connectivity index is 1.21. The highest BCUT2D eigenvalue weighted by atomic mass is 33.1. The highest BCUT2D eigenvalue weighted by Gasteiger charge is 2.24. The summed E-state index contributed by atoms with van der Waals surface area (Å²) < 4.78 is 0. The van der Waals surface area contributed by atoms with Gasteiger partial charge in [0.05, 0.1) is 10.5 Å². The van der Waals surface area contributed by atoms with Gasteiger partial charge >= 0.3 is 0 Å². The van der Waals surface area contributed by atoms with Crippen molar-refractivity contribution in [3.05, 3.63) is 42.1 Å². The number of phenolic OH excluding ortho intramolecular Hbond substituents is 1. The SMILES string of the molecule is CCc1c(SC)[nH]c2c(N3CCC(CCNC(=O)CCSSc4ccccn4)CC3)c(O)ccc12. The zero-order chi connectivity index (χ0) is 24.6. The molecular formula is C26H34N4O2S3. The lowest BCUT2D eigenvalue weighted by molar-refractivity contribution is -0.120. The smallest absolute Gasteiger partial charge is 0.220 e. The molecular weight excluding hydrogens is 497 g/mol. The van der Waals surface area contributed by atoms with Crippen LogP contribution in [-0.4, -0.2) is 52.6 Å². The largest absolute Gasteiger partial charge is 0.506 e. The molecule has 1 aliphatic rings. The summed E-state index contributed by atoms with van der Waals surface area (Å²) in [5.74, 6) is 1.84. The second-order valence-corrected chi connectivity index (χ2v) is 12.0. The third-order valence-electron chi connectivity index (χ3n) is 6.55. The van der Waals surface area contributed by atoms with E-state index in [-0.39, 0.29) is 5.91 Å². The van der Waals surface area contributed by atoms with Gasteiger partial charge in [-0.1, -0.05) is 23.8 Å². The van der Waals surface area contributed by atoms with Gasteiger partial charge in [-0.25, -0.2) is 4.98 Å². The summed E-state index contributed by atoms with van der Waals surface area (Å²) >= 11 is 1.73. The van der Waals surface area contributed by atoms with Crippen molar-refractivity contribution in [3.8, 4) is 5.75 Å². The molecule has 0 spiro atoms. The number of anilines is 1. The van der Waals surface area contributed by atoms with E-state index in [0.717, 1.165) is 67.3 Å². The molecule has 0 aliphatic carbocycles. The summed E-state index contributed by atoms with van der Waals surface area (Å²) in [6.45, 7) is 4.75. The first kappa shape index (κ1) is 26.1. The number of aromatic nitrogens is 2. The Kier molecular flexibility index (Phi) is 9.57. The van der Waals surface area contributed by atoms with Gasteiger partial charge in [0.2, 0.25) is 5.91 Å². The van der Waals surface area contributed by atoms with Crippen LogP contribution in [0.2, 0.25) is 0 Å². The van der Waals surface area contributed by atoms with Crippen molar-refractivity contribution in [1.29, 1.82) is 0 Å². The van der Waals surface area contributed by atoms with Crippen molar-refractivity contribution in [2.45, 2.75) is 49.1 Å². The second-order valence-electron chi connectivity index (χ2n) is 8.74. The number of hydrogen-bond donors (Lipinski definition) is 3. The number of hydrogen-bond acceptors (Lipinski definition) is 7. The number of nitrogens with one attached hydrogen (secondary N) is 2. The molecule has 1 saturated heterocycles. The molecule has 6 nitrogen and oxygen atoms in total. The van der Waals surface area contributed by atoms with Crippen molar-refractivity contribution < 1.29 is 9.90 Å². The van der Waals surface area contributed by atoms with E-state index in [1.165, 1.54) is 16.0 Å². The quantitative estimate of drug-likeness (QED) is 0.157. The first-order valence-corrected chi connectivity index (χ1v) is 15.8. The Hall–Kier alpha value is -1.97. The third-order valence-corrected chi connectivity index (χ3v) is 9.58. The number of carbonyl (C=O) groups is 1. The van der Waals surface area contributed by atoms with Gasteiger partial charge in [-0.3, -0.25) is 4.79 Å². The first-order valence-electron chi connectivity index (χ1n) is 12.2. The predicted molar refractivity (Wildman–Crippen MR) is 151 cm³/mol. The van der Waals surface area contributed by atoms with Gasteiger partial charge < -0.3 is 20.3 Å². The van der Waals surface area contributed by atoms with E-state index in [0.29, 0.717) is 18.1 Å². The summed E-state index contributed by atoms with van der Waals surface area (Å²) in [7, 11) is 3.28. The van der Waals surface area contributed by atoms with Crippen molar-refractivity contribution in [1.82, 2.24) is 15.3 Å². The van der Waals surface area contributed by atoms with Gasteiger partial charge in [-0.15, -0.1) is 11.8 Å². The molecule has 1 aliphatic heterocycles. The molecule has 3 aromatic rings. The number of fused-ring (bicyclic) bond motifs is 1. The van der Waals surface area contributed by atoms with Gasteiger partial charge in [0.25, 0.3) is 0 Å². The summed E-state index contributed by atoms with van der Waals surface area (Å²) in [6.07, 6.45) is 8.51. The van der Waals surface area contributed by atoms with Crippen LogP contribution in [0.5, 0.6) is 5.75 Å². The Morgan fingerprint density at radius 3 is 2.80 bits per heavy atom. The number of pyridine rings is 1. The fourth-order valence-corrected chi connectivity index (χ4v) is 7.27. The van der Waals surface area contributed by atoms with Crippen LogP contribution in [0, 0.1) is 5.92 Å². The topological polar surface area (TPSA) is 81.2 Å². The van der Waals surface area contributed by atoms with Gasteiger partial charge in [0, 0.05) is 43.4 Å². The van der Waals surface area contributed by atoms with E-state index in [2.05, 4.69) is 33.4 Å². The van der Waals surface area contributed by atoms with Gasteiger partial charge in [-0.2, -0.15) is 0 Å². The lowest BCUT2D eigenvalue weighted by Crippen LogP contribution is -2.35. The minimum absolute atomic E-state index is 0.122. The summed E-state index contributed by atoms with van der Waals surface area (Å²) in [5, 5.41) is 17.2. The molecule has 35 heavy (non-hydrogen) atoms. The number of aryl methyl sites for hydroxylation is 1. The lowest BCUT2D eigenvalue weighted by atomic mass is 9.93. The molecule has 1 fully saturated rings. The normalized spacial score (nSPS) is 14.5. The highest BCUT2D eigenvalue weighted by Crippen LogP contribution is 2.41. The van der Waals surface area contributed by atoms with Crippen molar-refractivity contribution in [3.63, 3.8) is 0 Å². The fraction of sp³-hybridized carbons (Fsp3) is 0.462. The number of amides is 1. The number of nitrogens with zero attached hydrogens (tertiary/aromatic N) is 2. The van der Waals surface area contributed by atoms with Gasteiger partial charge in [0.15, 0.2) is 0 Å². The molecule has 0 saturated carbocycles. The van der Waals surface area contributed by atoms with Crippen LogP contribution in [0.4, 0.5) is 5.69 Å². The minimum atomic E-state index is 0.122. The molecule has 3 N–H and O–H groups in total. The number of benzene rings is 1. The Morgan fingerprint density at radius 1 is 1.26 bits per heavy atom. The molecule has 3 heterocycles. The molecule has 0 bridgehead atoms. The lowest BCUT2D eigenvalue weighted by Gasteiger charge is -2.34. The number of aromatic amines is 1. The summed E-state index contributed by atoms with van der Waals surface area (Å²) in [5.41, 5.74) is 3.31. The Labute approximate surface area is 219 Å². The molecule has 4 rings (SSSR count). The van der Waals surface area contributed by atoms with Crippen LogP contribution in [0.1, 0.15) is 38.2 Å². The van der Waals surface area contributed by atoms with E-state index in [9.17, 15) is 9.90 Å². The fourth-order valence-electron chi connectivity index (χ4n) is 4.70. The van der Waals surface area contributed by atoms with Crippen molar-refractivity contribution >= 4 is 55.8 Å². The second kappa shape index (κ2) is 12.8. The zero-order valence-electron chi connectivity index (χ0n) is 20.4. The van der Waals surface area contributed by atoms with E-state index >= 15 is 0 Å². The average molecular weight is 531 g/mol. The molecule has 2 aromatic heterocycles. The number of H-pyrrole nitrogens is 1. The van der Waals surface area contributed by atoms with E-state index in [1.807, 2.05) is 30.3 Å². The number of carbonyl (C=O) groups excluding carboxylic acids is 1. The van der Waals surface area contributed by atoms with E-state index in [1.54, 1.807) is 39.5 Å². The molecule has 0 radical (unpaired) electrons. The van der Waals surface area contributed by atoms with E-state index < -0.39 is 0 Å². The molecule has 1 aromatic carbocycles. The first-order chi connectivity index (χ1) is 17.1. The summed E-state index contributed by atoms with van der Waals surface area (Å²) in [4.78, 5) is 22.3. The Bertz CT molecular complexity index is 1110. The van der Waals surface area contributed by atoms with Crippen LogP contribution in [0.3, 0.4) is 0 Å². The van der Waals surface area contributed by atoms with Gasteiger partial charge in [-0.05, 0) is 78.5 Å². The van der Waals surface area contributed by atoms with E-state index in [4.69, 9.17) is 0 Å². The minimum Gasteiger partial charge on any atom is -0.506 e. The van der Waals surface area contributed by atoms with Gasteiger partial charge in [0.1, 0.15) is 16.5 Å². The molecule has 9 heteroatoms. The molecule has 0 atom stereocenters. The molecule has 188 valence electrons. The number of rotatable bonds is 11. The molecule has 1 amide bonds. The maximum atomic E-state index is 12.2. The van der Waals surface area contributed by atoms with Crippen LogP contribution < -0.4 is 10.2 Å². The Morgan fingerprint density at radius 2 is 2.09 bits per heavy atom. The monoisotopic (exact) mass is 530 g/mol. The molecule has 0 unspecified atom stereocenters. The number of thioether (sulfide) groups is 1. The number of aromatic hydroxyl groups is 1. The van der Waals surface area contributed by atoms with Crippen LogP contribution in [-0.2, 0) is 11.2 Å². The average Bonchev–Trinajstić information content (AvgIpc) is 3.25.